The molecule has 0 spiro atoms. The molecule has 0 heterocycles. The summed E-state index contributed by atoms with van der Waals surface area (Å²) in [5.41, 5.74) is -0.608. The molecule has 0 aliphatic heterocycles. The Morgan fingerprint density at radius 3 is 2.43 bits per heavy atom. The standard InChI is InChI=1S/C10H12Br2O2/c1-9(4-11)6-2-3-10(9,5-12)8(14)7(6)13/h6H,2-5H2,1H3/t6-,9-,10-/m0/s1. The summed E-state index contributed by atoms with van der Waals surface area (Å²) in [5, 5.41) is 1.34. The molecule has 4 heteroatoms. The van der Waals surface area contributed by atoms with Crippen LogP contribution in [0.5, 0.6) is 0 Å². The molecule has 2 aliphatic rings. The van der Waals surface area contributed by atoms with E-state index in [9.17, 15) is 9.59 Å². The molecule has 2 fully saturated rings. The Balaban J connectivity index is 2.55. The topological polar surface area (TPSA) is 34.1 Å². The highest BCUT2D eigenvalue weighted by atomic mass is 79.9. The molecule has 2 saturated carbocycles. The van der Waals surface area contributed by atoms with E-state index in [1.54, 1.807) is 0 Å². The Bertz CT molecular complexity index is 315. The van der Waals surface area contributed by atoms with Crippen molar-refractivity contribution in [2.75, 3.05) is 10.7 Å². The zero-order valence-electron chi connectivity index (χ0n) is 7.98. The minimum absolute atomic E-state index is 0.0491. The van der Waals surface area contributed by atoms with Crippen LogP contribution in [-0.4, -0.2) is 22.2 Å². The van der Waals surface area contributed by atoms with Gasteiger partial charge in [-0.15, -0.1) is 0 Å². The quantitative estimate of drug-likeness (QED) is 0.577. The molecule has 0 amide bonds. The predicted octanol–water partition coefficient (Wildman–Crippen LogP) is 2.33. The number of carbonyl (C=O) groups excluding carboxylic acids is 2. The first-order chi connectivity index (χ1) is 6.53. The van der Waals surface area contributed by atoms with Crippen molar-refractivity contribution in [3.05, 3.63) is 0 Å². The van der Waals surface area contributed by atoms with Gasteiger partial charge in [0, 0.05) is 22.0 Å². The highest BCUT2D eigenvalue weighted by molar-refractivity contribution is 9.09. The number of hydrogen-bond donors (Lipinski definition) is 0. The molecule has 0 aromatic carbocycles. The highest BCUT2D eigenvalue weighted by Gasteiger charge is 2.69. The predicted molar refractivity (Wildman–Crippen MR) is 60.9 cm³/mol. The van der Waals surface area contributed by atoms with Crippen LogP contribution in [0.4, 0.5) is 0 Å². The van der Waals surface area contributed by atoms with Gasteiger partial charge in [0.25, 0.3) is 0 Å². The van der Waals surface area contributed by atoms with E-state index in [4.69, 9.17) is 0 Å². The van der Waals surface area contributed by atoms with Gasteiger partial charge in [0.2, 0.25) is 11.6 Å². The average molecular weight is 324 g/mol. The first-order valence-corrected chi connectivity index (χ1v) is 6.98. The molecule has 2 aliphatic carbocycles. The normalized spacial score (nSPS) is 46.4. The Morgan fingerprint density at radius 1 is 1.36 bits per heavy atom. The monoisotopic (exact) mass is 322 g/mol. The number of ketones is 2. The maximum Gasteiger partial charge on any atom is 0.206 e. The van der Waals surface area contributed by atoms with E-state index in [2.05, 4.69) is 38.8 Å². The van der Waals surface area contributed by atoms with E-state index in [0.29, 0.717) is 5.33 Å². The molecule has 0 saturated heterocycles. The third kappa shape index (κ3) is 0.921. The summed E-state index contributed by atoms with van der Waals surface area (Å²) < 4.78 is 0. The van der Waals surface area contributed by atoms with Crippen LogP contribution in [0.15, 0.2) is 0 Å². The van der Waals surface area contributed by atoms with E-state index in [-0.39, 0.29) is 22.9 Å². The van der Waals surface area contributed by atoms with Gasteiger partial charge in [0.05, 0.1) is 5.41 Å². The second-order valence-electron chi connectivity index (χ2n) is 4.55. The molecule has 0 radical (unpaired) electrons. The molecule has 0 aromatic rings. The molecular weight excluding hydrogens is 312 g/mol. The maximum atomic E-state index is 11.9. The molecule has 2 bridgehead atoms. The molecule has 0 aromatic heterocycles. The van der Waals surface area contributed by atoms with Crippen molar-refractivity contribution in [1.82, 2.24) is 0 Å². The molecule has 2 nitrogen and oxygen atoms in total. The number of fused-ring (bicyclic) bond motifs is 2. The fourth-order valence-electron chi connectivity index (χ4n) is 3.02. The Morgan fingerprint density at radius 2 is 2.00 bits per heavy atom. The summed E-state index contributed by atoms with van der Waals surface area (Å²) in [6.07, 6.45) is 1.73. The Hall–Kier alpha value is 0.300. The first-order valence-electron chi connectivity index (χ1n) is 4.74. The van der Waals surface area contributed by atoms with Crippen molar-refractivity contribution < 1.29 is 9.59 Å². The van der Waals surface area contributed by atoms with Gasteiger partial charge in [-0.05, 0) is 12.8 Å². The van der Waals surface area contributed by atoms with Crippen molar-refractivity contribution in [3.63, 3.8) is 0 Å². The van der Waals surface area contributed by atoms with Crippen LogP contribution in [0, 0.1) is 16.7 Å². The van der Waals surface area contributed by atoms with Crippen LogP contribution in [0.3, 0.4) is 0 Å². The second-order valence-corrected chi connectivity index (χ2v) is 5.67. The molecule has 78 valence electrons. The van der Waals surface area contributed by atoms with E-state index in [1.807, 2.05) is 0 Å². The SMILES string of the molecule is C[C@]1(CBr)[C@H]2CC[C@]1(CBr)C(=O)C2=O. The largest absolute Gasteiger partial charge is 0.291 e. The van der Waals surface area contributed by atoms with Crippen LogP contribution in [0.1, 0.15) is 19.8 Å². The average Bonchev–Trinajstić information content (AvgIpc) is 2.57. The number of Topliss-reactive ketones (excluding diaryl/α,β-unsaturated/α-hetero) is 2. The Kier molecular flexibility index (Phi) is 2.43. The number of alkyl halides is 2. The lowest BCUT2D eigenvalue weighted by atomic mass is 9.70. The van der Waals surface area contributed by atoms with Crippen molar-refractivity contribution >= 4 is 43.4 Å². The lowest BCUT2D eigenvalue weighted by Crippen LogP contribution is -2.41. The van der Waals surface area contributed by atoms with Crippen LogP contribution in [-0.2, 0) is 9.59 Å². The van der Waals surface area contributed by atoms with Gasteiger partial charge in [-0.2, -0.15) is 0 Å². The number of halogens is 2. The Labute approximate surface area is 100 Å². The summed E-state index contributed by atoms with van der Waals surface area (Å²) in [7, 11) is 0. The van der Waals surface area contributed by atoms with Gasteiger partial charge >= 0.3 is 0 Å². The molecular formula is C10H12Br2O2. The zero-order chi connectivity index (χ0) is 10.6. The van der Waals surface area contributed by atoms with Crippen LogP contribution in [0.2, 0.25) is 0 Å². The van der Waals surface area contributed by atoms with E-state index in [0.717, 1.165) is 18.2 Å². The summed E-state index contributed by atoms with van der Waals surface area (Å²) in [6, 6.07) is 0. The van der Waals surface area contributed by atoms with Gasteiger partial charge < -0.3 is 0 Å². The summed E-state index contributed by atoms with van der Waals surface area (Å²) in [4.78, 5) is 23.6. The third-order valence-corrected chi connectivity index (χ3v) is 6.32. The maximum absolute atomic E-state index is 11.9. The lowest BCUT2D eigenvalue weighted by molar-refractivity contribution is -0.141. The fourth-order valence-corrected chi connectivity index (χ4v) is 5.12. The summed E-state index contributed by atoms with van der Waals surface area (Å²) >= 11 is 6.87. The minimum atomic E-state index is -0.432. The second kappa shape index (κ2) is 3.14. The van der Waals surface area contributed by atoms with Crippen molar-refractivity contribution in [3.8, 4) is 0 Å². The smallest absolute Gasteiger partial charge is 0.206 e. The van der Waals surface area contributed by atoms with E-state index >= 15 is 0 Å². The first kappa shape index (κ1) is 10.8. The van der Waals surface area contributed by atoms with Gasteiger partial charge in [0.1, 0.15) is 0 Å². The highest BCUT2D eigenvalue weighted by Crippen LogP contribution is 2.63. The molecule has 3 atom stereocenters. The van der Waals surface area contributed by atoms with E-state index < -0.39 is 5.41 Å². The van der Waals surface area contributed by atoms with Gasteiger partial charge in [-0.1, -0.05) is 38.8 Å². The van der Waals surface area contributed by atoms with Crippen molar-refractivity contribution in [2.45, 2.75) is 19.8 Å². The van der Waals surface area contributed by atoms with Gasteiger partial charge in [0.15, 0.2) is 0 Å². The number of hydrogen-bond acceptors (Lipinski definition) is 2. The van der Waals surface area contributed by atoms with Crippen molar-refractivity contribution in [2.24, 2.45) is 16.7 Å². The van der Waals surface area contributed by atoms with Crippen molar-refractivity contribution in [1.29, 1.82) is 0 Å². The zero-order valence-corrected chi connectivity index (χ0v) is 11.2. The van der Waals surface area contributed by atoms with E-state index in [1.165, 1.54) is 0 Å². The molecule has 0 unspecified atom stereocenters. The molecule has 2 rings (SSSR count). The van der Waals surface area contributed by atoms with Gasteiger partial charge in [-0.3, -0.25) is 9.59 Å². The minimum Gasteiger partial charge on any atom is -0.291 e. The summed E-state index contributed by atoms with van der Waals surface area (Å²) in [5.74, 6) is -0.336. The number of carbonyl (C=O) groups is 2. The van der Waals surface area contributed by atoms with Gasteiger partial charge in [-0.25, -0.2) is 0 Å². The number of rotatable bonds is 2. The lowest BCUT2D eigenvalue weighted by Gasteiger charge is -2.35. The van der Waals surface area contributed by atoms with Crippen LogP contribution < -0.4 is 0 Å². The fraction of sp³-hybridized carbons (Fsp3) is 0.800. The van der Waals surface area contributed by atoms with Crippen LogP contribution in [0.25, 0.3) is 0 Å². The molecule has 0 N–H and O–H groups in total. The molecule has 14 heavy (non-hydrogen) atoms. The third-order valence-electron chi connectivity index (χ3n) is 4.20. The van der Waals surface area contributed by atoms with Crippen LogP contribution >= 0.6 is 31.9 Å². The summed E-state index contributed by atoms with van der Waals surface area (Å²) in [6.45, 7) is 2.06.